The highest BCUT2D eigenvalue weighted by atomic mass is 32.2. The first-order valence-electron chi connectivity index (χ1n) is 7.03. The molecule has 0 aromatic heterocycles. The average Bonchev–Trinajstić information content (AvgIpc) is 2.55. The van der Waals surface area contributed by atoms with Crippen molar-refractivity contribution < 1.29 is 35.4 Å². The summed E-state index contributed by atoms with van der Waals surface area (Å²) in [6.45, 7) is 3.64. The van der Waals surface area contributed by atoms with E-state index in [0.717, 1.165) is 12.1 Å². The summed E-state index contributed by atoms with van der Waals surface area (Å²) >= 11 is 0. The minimum Gasteiger partial charge on any atom is -0.375 e. The normalized spacial score (nSPS) is 14.2. The molecular formula is C16H11F3N2O5S. The largest absolute Gasteiger partial charge is 0.534 e. The Balaban J connectivity index is 2.51. The second-order valence-electron chi connectivity index (χ2n) is 5.14. The van der Waals surface area contributed by atoms with Crippen LogP contribution < -0.4 is 9.92 Å². The smallest absolute Gasteiger partial charge is 0.375 e. The Kier molecular flexibility index (Phi) is 5.36. The van der Waals surface area contributed by atoms with E-state index in [2.05, 4.69) is 15.8 Å². The second kappa shape index (κ2) is 7.19. The first kappa shape index (κ1) is 20.1. The van der Waals surface area contributed by atoms with Crippen LogP contribution in [0, 0.1) is 0 Å². The van der Waals surface area contributed by atoms with Crippen LogP contribution in [-0.2, 0) is 10.1 Å². The van der Waals surface area contributed by atoms with Gasteiger partial charge in [0.1, 0.15) is 0 Å². The zero-order valence-corrected chi connectivity index (χ0v) is 14.2. The standard InChI is InChI=1S/C16H11F3N2O5S/c1-9-2-5-11(6-3-9)21-15(23)12-8-10(14(20)22)4-7-13(12)26-27(24,25)16(17,18)19/h2-8H,1H2,(H2,20,22). The van der Waals surface area contributed by atoms with E-state index in [0.29, 0.717) is 11.6 Å². The molecule has 2 amide bonds. The van der Waals surface area contributed by atoms with Crippen LogP contribution in [0.2, 0.25) is 0 Å². The van der Waals surface area contributed by atoms with Gasteiger partial charge in [0, 0.05) is 5.56 Å². The Morgan fingerprint density at radius 1 is 1.11 bits per heavy atom. The molecule has 0 unspecified atom stereocenters. The van der Waals surface area contributed by atoms with Crippen molar-refractivity contribution in [2.75, 3.05) is 0 Å². The number of amides is 2. The van der Waals surface area contributed by atoms with Gasteiger partial charge in [0.15, 0.2) is 5.75 Å². The predicted molar refractivity (Wildman–Crippen MR) is 89.7 cm³/mol. The van der Waals surface area contributed by atoms with Crippen molar-refractivity contribution in [1.82, 2.24) is 0 Å². The maximum atomic E-state index is 12.5. The fourth-order valence-electron chi connectivity index (χ4n) is 1.84. The van der Waals surface area contributed by atoms with Crippen molar-refractivity contribution in [1.29, 1.82) is 0 Å². The number of aliphatic imine (C=N–C) groups is 1. The molecule has 0 aliphatic heterocycles. The molecule has 1 aromatic carbocycles. The van der Waals surface area contributed by atoms with E-state index in [1.165, 1.54) is 24.3 Å². The molecule has 11 heteroatoms. The van der Waals surface area contributed by atoms with E-state index in [1.54, 1.807) is 0 Å². The van der Waals surface area contributed by atoms with Crippen molar-refractivity contribution in [2.45, 2.75) is 5.51 Å². The number of carbonyl (C=O) groups is 2. The number of hydrogen-bond acceptors (Lipinski definition) is 5. The highest BCUT2D eigenvalue weighted by Crippen LogP contribution is 2.30. The number of carbonyl (C=O) groups excluding carboxylic acids is 2. The second-order valence-corrected chi connectivity index (χ2v) is 6.68. The molecule has 0 radical (unpaired) electrons. The fraction of sp³-hybridized carbons (Fsp3) is 0.0625. The maximum Gasteiger partial charge on any atom is 0.534 e. The van der Waals surface area contributed by atoms with Crippen molar-refractivity contribution in [3.05, 3.63) is 65.8 Å². The zero-order valence-electron chi connectivity index (χ0n) is 13.4. The predicted octanol–water partition coefficient (Wildman–Crippen LogP) is 2.28. The van der Waals surface area contributed by atoms with E-state index < -0.39 is 38.8 Å². The van der Waals surface area contributed by atoms with Crippen LogP contribution in [0.25, 0.3) is 0 Å². The Hall–Kier alpha value is -3.21. The number of benzene rings is 1. The molecule has 0 saturated carbocycles. The van der Waals surface area contributed by atoms with E-state index in [9.17, 15) is 31.2 Å². The molecule has 1 aromatic rings. The topological polar surface area (TPSA) is 116 Å². The Labute approximate surface area is 151 Å². The van der Waals surface area contributed by atoms with E-state index in [1.807, 2.05) is 0 Å². The fourth-order valence-corrected chi connectivity index (χ4v) is 2.31. The highest BCUT2D eigenvalue weighted by molar-refractivity contribution is 7.88. The molecule has 7 nitrogen and oxygen atoms in total. The molecule has 0 heterocycles. The Morgan fingerprint density at radius 2 is 1.70 bits per heavy atom. The first-order chi connectivity index (χ1) is 12.4. The van der Waals surface area contributed by atoms with Crippen molar-refractivity contribution in [3.63, 3.8) is 0 Å². The van der Waals surface area contributed by atoms with Gasteiger partial charge in [-0.05, 0) is 35.9 Å². The van der Waals surface area contributed by atoms with Crippen LogP contribution in [0.15, 0.2) is 59.6 Å². The summed E-state index contributed by atoms with van der Waals surface area (Å²) in [5, 5.41) is 0. The van der Waals surface area contributed by atoms with Gasteiger partial charge in [-0.15, -0.1) is 0 Å². The number of allylic oxidation sites excluding steroid dienone is 5. The summed E-state index contributed by atoms with van der Waals surface area (Å²) in [6, 6.07) is 2.42. The van der Waals surface area contributed by atoms with Gasteiger partial charge in [0.25, 0.3) is 5.91 Å². The van der Waals surface area contributed by atoms with Crippen molar-refractivity contribution in [3.8, 4) is 5.75 Å². The van der Waals surface area contributed by atoms with E-state index >= 15 is 0 Å². The van der Waals surface area contributed by atoms with Gasteiger partial charge >= 0.3 is 15.6 Å². The minimum atomic E-state index is -6.04. The SMILES string of the molecule is C=C1C=CC(=NC(=O)c2cc(C(N)=O)ccc2OS(=O)(=O)C(F)(F)F)C=C1. The third kappa shape index (κ3) is 4.70. The van der Waals surface area contributed by atoms with Gasteiger partial charge in [-0.2, -0.15) is 21.6 Å². The molecule has 2 rings (SSSR count). The summed E-state index contributed by atoms with van der Waals surface area (Å²) in [5.74, 6) is -3.07. The minimum absolute atomic E-state index is 0.126. The number of halogens is 3. The van der Waals surface area contributed by atoms with Gasteiger partial charge in [0.05, 0.1) is 11.3 Å². The number of rotatable bonds is 4. The van der Waals surface area contributed by atoms with E-state index in [-0.39, 0.29) is 11.3 Å². The van der Waals surface area contributed by atoms with Gasteiger partial charge in [-0.25, -0.2) is 4.99 Å². The molecule has 2 N–H and O–H groups in total. The number of primary amides is 1. The van der Waals surface area contributed by atoms with Crippen LogP contribution in [0.4, 0.5) is 13.2 Å². The van der Waals surface area contributed by atoms with E-state index in [4.69, 9.17) is 5.73 Å². The lowest BCUT2D eigenvalue weighted by molar-refractivity contribution is -0.0500. The summed E-state index contributed by atoms with van der Waals surface area (Å²) in [7, 11) is -6.04. The molecule has 1 aliphatic carbocycles. The summed E-state index contributed by atoms with van der Waals surface area (Å²) in [5.41, 5.74) is -0.825. The molecular weight excluding hydrogens is 389 g/mol. The van der Waals surface area contributed by atoms with Crippen LogP contribution >= 0.6 is 0 Å². The summed E-state index contributed by atoms with van der Waals surface area (Å²) < 4.78 is 64.1. The molecule has 0 spiro atoms. The molecule has 0 fully saturated rings. The molecule has 0 saturated heterocycles. The third-order valence-electron chi connectivity index (χ3n) is 3.14. The van der Waals surface area contributed by atoms with Crippen LogP contribution in [0.5, 0.6) is 5.75 Å². The monoisotopic (exact) mass is 400 g/mol. The lowest BCUT2D eigenvalue weighted by atomic mass is 10.1. The van der Waals surface area contributed by atoms with Gasteiger partial charge in [-0.1, -0.05) is 18.7 Å². The van der Waals surface area contributed by atoms with Crippen LogP contribution in [0.3, 0.4) is 0 Å². The van der Waals surface area contributed by atoms with Crippen molar-refractivity contribution >= 4 is 27.6 Å². The summed E-state index contributed by atoms with van der Waals surface area (Å²) in [6.07, 6.45) is 5.87. The molecule has 0 bridgehead atoms. The number of nitrogens with zero attached hydrogens (tertiary/aromatic N) is 1. The Morgan fingerprint density at radius 3 is 2.22 bits per heavy atom. The van der Waals surface area contributed by atoms with Gasteiger partial charge < -0.3 is 9.92 Å². The average molecular weight is 400 g/mol. The summed E-state index contributed by atoms with van der Waals surface area (Å²) in [4.78, 5) is 27.3. The number of nitrogens with two attached hydrogens (primary N) is 1. The number of hydrogen-bond donors (Lipinski definition) is 1. The molecule has 142 valence electrons. The molecule has 0 atom stereocenters. The maximum absolute atomic E-state index is 12.5. The van der Waals surface area contributed by atoms with Crippen LogP contribution in [0.1, 0.15) is 20.7 Å². The van der Waals surface area contributed by atoms with Crippen molar-refractivity contribution in [2.24, 2.45) is 10.7 Å². The third-order valence-corrected chi connectivity index (χ3v) is 4.11. The highest BCUT2D eigenvalue weighted by Gasteiger charge is 2.49. The lowest BCUT2D eigenvalue weighted by Gasteiger charge is -2.12. The lowest BCUT2D eigenvalue weighted by Crippen LogP contribution is -2.28. The quantitative estimate of drug-likeness (QED) is 0.615. The van der Waals surface area contributed by atoms with Gasteiger partial charge in [0.2, 0.25) is 5.91 Å². The van der Waals surface area contributed by atoms with Gasteiger partial charge in [-0.3, -0.25) is 9.59 Å². The molecule has 1 aliphatic rings. The number of alkyl halides is 3. The molecule has 27 heavy (non-hydrogen) atoms. The zero-order chi connectivity index (χ0) is 20.4. The van der Waals surface area contributed by atoms with Crippen LogP contribution in [-0.4, -0.2) is 31.5 Å². The first-order valence-corrected chi connectivity index (χ1v) is 8.44. The Bertz CT molecular complexity index is 1000.